The van der Waals surface area contributed by atoms with Gasteiger partial charge in [-0.05, 0) is 24.5 Å². The summed E-state index contributed by atoms with van der Waals surface area (Å²) in [6, 6.07) is 6.49. The fraction of sp³-hybridized carbons (Fsp3) is 0.111. The zero-order chi connectivity index (χ0) is 11.8. The first kappa shape index (κ1) is 11.2. The quantitative estimate of drug-likeness (QED) is 0.872. The number of sulfonamides is 1. The molecule has 0 bridgehead atoms. The van der Waals surface area contributed by atoms with Gasteiger partial charge in [-0.15, -0.1) is 0 Å². The highest BCUT2D eigenvalue weighted by molar-refractivity contribution is 7.89. The van der Waals surface area contributed by atoms with E-state index >= 15 is 0 Å². The van der Waals surface area contributed by atoms with Crippen LogP contribution < -0.4 is 5.14 Å². The van der Waals surface area contributed by atoms with Crippen molar-refractivity contribution in [3.63, 3.8) is 0 Å². The minimum absolute atomic E-state index is 0.0751. The minimum Gasteiger partial charge on any atom is -0.225 e. The molecule has 0 aliphatic heterocycles. The van der Waals surface area contributed by atoms with Gasteiger partial charge in [-0.2, -0.15) is 4.37 Å². The molecule has 0 aliphatic carbocycles. The SMILES string of the molecule is Cc1nsc(-c2ccccc2S(N)(=O)=O)n1. The van der Waals surface area contributed by atoms with Gasteiger partial charge in [0.1, 0.15) is 10.8 Å². The largest absolute Gasteiger partial charge is 0.238 e. The Kier molecular flexibility index (Phi) is 2.75. The Labute approximate surface area is 97.2 Å². The average molecular weight is 255 g/mol. The Bertz CT molecular complexity index is 619. The summed E-state index contributed by atoms with van der Waals surface area (Å²) < 4.78 is 26.7. The lowest BCUT2D eigenvalue weighted by Crippen LogP contribution is -2.13. The summed E-state index contributed by atoms with van der Waals surface area (Å²) >= 11 is 1.15. The van der Waals surface area contributed by atoms with Crippen molar-refractivity contribution in [3.05, 3.63) is 30.1 Å². The minimum atomic E-state index is -3.73. The van der Waals surface area contributed by atoms with E-state index in [4.69, 9.17) is 5.14 Å². The maximum atomic E-state index is 11.4. The molecule has 0 aliphatic rings. The molecule has 0 atom stereocenters. The van der Waals surface area contributed by atoms with Crippen molar-refractivity contribution in [2.75, 3.05) is 0 Å². The monoisotopic (exact) mass is 255 g/mol. The van der Waals surface area contributed by atoms with E-state index in [1.165, 1.54) is 6.07 Å². The first-order chi connectivity index (χ1) is 7.48. The third kappa shape index (κ3) is 2.11. The molecular formula is C9H9N3O2S2. The van der Waals surface area contributed by atoms with Crippen LogP contribution in [0.15, 0.2) is 29.2 Å². The van der Waals surface area contributed by atoms with Crippen molar-refractivity contribution in [2.24, 2.45) is 5.14 Å². The summed E-state index contributed by atoms with van der Waals surface area (Å²) in [7, 11) is -3.73. The van der Waals surface area contributed by atoms with E-state index in [9.17, 15) is 8.42 Å². The van der Waals surface area contributed by atoms with E-state index in [1.54, 1.807) is 25.1 Å². The highest BCUT2D eigenvalue weighted by Gasteiger charge is 2.16. The Balaban J connectivity index is 2.66. The number of benzene rings is 1. The third-order valence-corrected chi connectivity index (χ3v) is 3.76. The summed E-state index contributed by atoms with van der Waals surface area (Å²) in [6.07, 6.45) is 0. The molecule has 0 saturated carbocycles. The van der Waals surface area contributed by atoms with E-state index in [1.807, 2.05) is 0 Å². The molecule has 5 nitrogen and oxygen atoms in total. The van der Waals surface area contributed by atoms with Crippen LogP contribution in [-0.2, 0) is 10.0 Å². The molecule has 0 spiro atoms. The van der Waals surface area contributed by atoms with E-state index in [0.29, 0.717) is 16.4 Å². The predicted molar refractivity (Wildman–Crippen MR) is 61.5 cm³/mol. The lowest BCUT2D eigenvalue weighted by atomic mass is 10.2. The van der Waals surface area contributed by atoms with Gasteiger partial charge in [0.2, 0.25) is 10.0 Å². The number of primary sulfonamides is 1. The second-order valence-electron chi connectivity index (χ2n) is 3.19. The van der Waals surface area contributed by atoms with Gasteiger partial charge in [0.15, 0.2) is 0 Å². The highest BCUT2D eigenvalue weighted by Crippen LogP contribution is 2.27. The van der Waals surface area contributed by atoms with Gasteiger partial charge < -0.3 is 0 Å². The molecule has 1 heterocycles. The number of hydrogen-bond donors (Lipinski definition) is 1. The smallest absolute Gasteiger partial charge is 0.225 e. The van der Waals surface area contributed by atoms with E-state index in [0.717, 1.165) is 11.5 Å². The number of hydrogen-bond acceptors (Lipinski definition) is 5. The van der Waals surface area contributed by atoms with Gasteiger partial charge in [-0.1, -0.05) is 18.2 Å². The summed E-state index contributed by atoms with van der Waals surface area (Å²) in [5, 5.41) is 5.69. The van der Waals surface area contributed by atoms with Crippen molar-refractivity contribution in [1.82, 2.24) is 9.36 Å². The molecular weight excluding hydrogens is 246 g/mol. The molecule has 1 aromatic heterocycles. The van der Waals surface area contributed by atoms with Crippen LogP contribution in [0.5, 0.6) is 0 Å². The second kappa shape index (κ2) is 3.93. The van der Waals surface area contributed by atoms with Gasteiger partial charge in [0, 0.05) is 5.56 Å². The van der Waals surface area contributed by atoms with Crippen LogP contribution in [0.4, 0.5) is 0 Å². The van der Waals surface area contributed by atoms with E-state index < -0.39 is 10.0 Å². The number of aryl methyl sites for hydroxylation is 1. The zero-order valence-electron chi connectivity index (χ0n) is 8.41. The van der Waals surface area contributed by atoms with Crippen molar-refractivity contribution >= 4 is 21.6 Å². The second-order valence-corrected chi connectivity index (χ2v) is 5.47. The van der Waals surface area contributed by atoms with Crippen molar-refractivity contribution in [2.45, 2.75) is 11.8 Å². The first-order valence-electron chi connectivity index (χ1n) is 4.41. The molecule has 2 rings (SSSR count). The van der Waals surface area contributed by atoms with Gasteiger partial charge in [0.25, 0.3) is 0 Å². The summed E-state index contributed by atoms with van der Waals surface area (Å²) in [5.41, 5.74) is 0.496. The van der Waals surface area contributed by atoms with E-state index in [2.05, 4.69) is 9.36 Å². The molecule has 7 heteroatoms. The van der Waals surface area contributed by atoms with Crippen molar-refractivity contribution < 1.29 is 8.42 Å². The van der Waals surface area contributed by atoms with Crippen LogP contribution in [0.2, 0.25) is 0 Å². The Morgan fingerprint density at radius 3 is 2.56 bits per heavy atom. The molecule has 2 N–H and O–H groups in total. The normalized spacial score (nSPS) is 11.6. The lowest BCUT2D eigenvalue weighted by molar-refractivity contribution is 0.598. The molecule has 0 radical (unpaired) electrons. The van der Waals surface area contributed by atoms with Crippen LogP contribution in [0.3, 0.4) is 0 Å². The third-order valence-electron chi connectivity index (χ3n) is 1.95. The fourth-order valence-electron chi connectivity index (χ4n) is 1.30. The maximum absolute atomic E-state index is 11.4. The van der Waals surface area contributed by atoms with Gasteiger partial charge in [-0.25, -0.2) is 18.5 Å². The van der Waals surface area contributed by atoms with Crippen LogP contribution in [0.25, 0.3) is 10.6 Å². The standard InChI is InChI=1S/C9H9N3O2S2/c1-6-11-9(15-12-6)7-4-2-3-5-8(7)16(10,13)14/h2-5H,1H3,(H2,10,13,14). The number of rotatable bonds is 2. The molecule has 84 valence electrons. The van der Waals surface area contributed by atoms with Crippen LogP contribution in [0.1, 0.15) is 5.82 Å². The molecule has 0 unspecified atom stereocenters. The lowest BCUT2D eigenvalue weighted by Gasteiger charge is -2.03. The Morgan fingerprint density at radius 1 is 1.31 bits per heavy atom. The van der Waals surface area contributed by atoms with Gasteiger partial charge in [0.05, 0.1) is 4.90 Å². The first-order valence-corrected chi connectivity index (χ1v) is 6.73. The van der Waals surface area contributed by atoms with Crippen molar-refractivity contribution in [1.29, 1.82) is 0 Å². The zero-order valence-corrected chi connectivity index (χ0v) is 10.0. The average Bonchev–Trinajstić information content (AvgIpc) is 2.64. The van der Waals surface area contributed by atoms with Gasteiger partial charge in [-0.3, -0.25) is 0 Å². The predicted octanol–water partition coefficient (Wildman–Crippen LogP) is 1.16. The maximum Gasteiger partial charge on any atom is 0.238 e. The summed E-state index contributed by atoms with van der Waals surface area (Å²) in [6.45, 7) is 1.75. The van der Waals surface area contributed by atoms with Crippen LogP contribution in [0, 0.1) is 6.92 Å². The highest BCUT2D eigenvalue weighted by atomic mass is 32.2. The topological polar surface area (TPSA) is 85.9 Å². The molecule has 2 aromatic rings. The fourth-order valence-corrected chi connectivity index (χ4v) is 2.81. The van der Waals surface area contributed by atoms with Gasteiger partial charge >= 0.3 is 0 Å². The number of nitrogens with two attached hydrogens (primary N) is 1. The van der Waals surface area contributed by atoms with E-state index in [-0.39, 0.29) is 4.90 Å². The molecule has 1 aromatic carbocycles. The Hall–Kier alpha value is -1.31. The number of aromatic nitrogens is 2. The molecule has 0 saturated heterocycles. The summed E-state index contributed by atoms with van der Waals surface area (Å²) in [5.74, 6) is 0.615. The Morgan fingerprint density at radius 2 is 2.00 bits per heavy atom. The summed E-state index contributed by atoms with van der Waals surface area (Å²) in [4.78, 5) is 4.22. The molecule has 0 fully saturated rings. The van der Waals surface area contributed by atoms with Crippen LogP contribution >= 0.6 is 11.5 Å². The molecule has 16 heavy (non-hydrogen) atoms. The van der Waals surface area contributed by atoms with Crippen LogP contribution in [-0.4, -0.2) is 17.8 Å². The molecule has 0 amide bonds. The van der Waals surface area contributed by atoms with Crippen molar-refractivity contribution in [3.8, 4) is 10.6 Å². The number of nitrogens with zero attached hydrogens (tertiary/aromatic N) is 2.